The first-order valence-corrected chi connectivity index (χ1v) is 19.2. The van der Waals surface area contributed by atoms with Crippen molar-refractivity contribution in [2.75, 3.05) is 19.8 Å². The molecule has 0 radical (unpaired) electrons. The Morgan fingerprint density at radius 3 is 1.65 bits per heavy atom. The van der Waals surface area contributed by atoms with Crippen molar-refractivity contribution in [2.45, 2.75) is 64.5 Å². The topological polar surface area (TPSA) is 36.9 Å². The first-order chi connectivity index (χ1) is 28.6. The lowest BCUT2D eigenvalue weighted by Crippen LogP contribution is -2.40. The van der Waals surface area contributed by atoms with Gasteiger partial charge < -0.3 is 18.9 Å². The van der Waals surface area contributed by atoms with Gasteiger partial charge in [0.1, 0.15) is 28.8 Å². The molecule has 0 aliphatic carbocycles. The second-order valence-electron chi connectivity index (χ2n) is 14.5. The smallest absolute Gasteiger partial charge is 0.429 e. The fourth-order valence-corrected chi connectivity index (χ4v) is 7.13. The van der Waals surface area contributed by atoms with Gasteiger partial charge in [0, 0.05) is 35.8 Å². The summed E-state index contributed by atoms with van der Waals surface area (Å²) in [7, 11) is 0. The van der Waals surface area contributed by atoms with E-state index in [0.717, 1.165) is 49.8 Å². The first kappa shape index (κ1) is 44.6. The number of hydrogen-bond acceptors (Lipinski definition) is 4. The molecule has 0 amide bonds. The lowest BCUT2D eigenvalue weighted by Gasteiger charge is -2.37. The highest BCUT2D eigenvalue weighted by Crippen LogP contribution is 2.39. The predicted octanol–water partition coefficient (Wildman–Crippen LogP) is 12.9. The molecule has 0 saturated carbocycles. The van der Waals surface area contributed by atoms with E-state index in [0.29, 0.717) is 30.2 Å². The molecule has 2 saturated heterocycles. The van der Waals surface area contributed by atoms with E-state index >= 15 is 0 Å². The Hall–Kier alpha value is -4.99. The van der Waals surface area contributed by atoms with Gasteiger partial charge in [-0.1, -0.05) is 56.7 Å². The Morgan fingerprint density at radius 2 is 1.13 bits per heavy atom. The Balaban J connectivity index is 0.000000218. The standard InChI is InChI=1S/C25H25F7O4.C20H14F4/c1-2-3-13-4-5-21(33-10-13)15-11-34-24(35-12-15)14-6-17(26)22(18(27)7-14)25(31,32)36-16-8-19(28)23(30)20(29)9-16;1-2-12-3-5-13(6-4-12)14-7-8-16(17(21)9-14)15-10-18(22)20(24)19(23)11-15/h6-9,13,15,21,24H,2-5,10-12H2,1H3;3-11H,2H2,1H3. The van der Waals surface area contributed by atoms with Crippen LogP contribution < -0.4 is 4.74 Å². The van der Waals surface area contributed by atoms with Crippen molar-refractivity contribution in [3.63, 3.8) is 0 Å². The molecule has 0 bridgehead atoms. The molecule has 5 aromatic rings. The minimum Gasteiger partial charge on any atom is -0.429 e. The minimum absolute atomic E-state index is 0.0155. The van der Waals surface area contributed by atoms with Crippen LogP contribution in [0.4, 0.5) is 48.3 Å². The third kappa shape index (κ3) is 10.3. The highest BCUT2D eigenvalue weighted by molar-refractivity contribution is 5.71. The van der Waals surface area contributed by atoms with Crippen molar-refractivity contribution in [1.29, 1.82) is 0 Å². The number of aryl methyl sites for hydroxylation is 1. The molecule has 0 N–H and O–H groups in total. The van der Waals surface area contributed by atoms with E-state index in [2.05, 4.69) is 11.7 Å². The van der Waals surface area contributed by atoms with Gasteiger partial charge >= 0.3 is 6.11 Å². The average molecular weight is 853 g/mol. The normalized spacial score (nSPS) is 19.4. The summed E-state index contributed by atoms with van der Waals surface area (Å²) in [6.07, 6.45) is -0.945. The van der Waals surface area contributed by atoms with Crippen LogP contribution in [0, 0.1) is 64.2 Å². The maximum atomic E-state index is 14.6. The van der Waals surface area contributed by atoms with Crippen molar-refractivity contribution in [2.24, 2.45) is 11.8 Å². The summed E-state index contributed by atoms with van der Waals surface area (Å²) < 4.78 is 173. The molecule has 4 nitrogen and oxygen atoms in total. The molecule has 2 aliphatic heterocycles. The number of halogens is 11. The zero-order chi connectivity index (χ0) is 43.3. The number of benzene rings is 5. The zero-order valence-electron chi connectivity index (χ0n) is 32.3. The minimum atomic E-state index is -4.67. The Labute approximate surface area is 338 Å². The third-order valence-electron chi connectivity index (χ3n) is 10.3. The van der Waals surface area contributed by atoms with Crippen LogP contribution in [-0.4, -0.2) is 25.9 Å². The summed E-state index contributed by atoms with van der Waals surface area (Å²) in [5.41, 5.74) is 0.680. The second-order valence-corrected chi connectivity index (χ2v) is 14.5. The molecule has 2 heterocycles. The fraction of sp³-hybridized carbons (Fsp3) is 0.333. The van der Waals surface area contributed by atoms with Crippen LogP contribution in [0.15, 0.2) is 78.9 Å². The van der Waals surface area contributed by atoms with Gasteiger partial charge in [0.25, 0.3) is 0 Å². The van der Waals surface area contributed by atoms with Crippen molar-refractivity contribution < 1.29 is 67.2 Å². The van der Waals surface area contributed by atoms with E-state index in [9.17, 15) is 48.3 Å². The summed E-state index contributed by atoms with van der Waals surface area (Å²) >= 11 is 0. The average Bonchev–Trinajstić information content (AvgIpc) is 3.22. The van der Waals surface area contributed by atoms with E-state index in [4.69, 9.17) is 14.2 Å². The number of rotatable bonds is 10. The highest BCUT2D eigenvalue weighted by Gasteiger charge is 2.42. The monoisotopic (exact) mass is 852 g/mol. The molecule has 2 unspecified atom stereocenters. The summed E-state index contributed by atoms with van der Waals surface area (Å²) in [6, 6.07) is 15.2. The van der Waals surface area contributed by atoms with Gasteiger partial charge in [-0.25, -0.2) is 39.5 Å². The summed E-state index contributed by atoms with van der Waals surface area (Å²) in [5, 5.41) is 0. The largest absolute Gasteiger partial charge is 0.432 e. The molecule has 320 valence electrons. The highest BCUT2D eigenvalue weighted by atomic mass is 19.3. The molecule has 15 heteroatoms. The molecule has 60 heavy (non-hydrogen) atoms. The van der Waals surface area contributed by atoms with E-state index in [-0.39, 0.29) is 54.1 Å². The predicted molar refractivity (Wildman–Crippen MR) is 199 cm³/mol. The molecule has 5 aromatic carbocycles. The summed E-state index contributed by atoms with van der Waals surface area (Å²) in [4.78, 5) is 0. The molecular formula is C45H39F11O4. The number of ether oxygens (including phenoxy) is 4. The van der Waals surface area contributed by atoms with E-state index in [1.54, 1.807) is 6.07 Å². The fourth-order valence-electron chi connectivity index (χ4n) is 7.13. The van der Waals surface area contributed by atoms with Gasteiger partial charge in [0.05, 0.1) is 19.3 Å². The molecule has 2 fully saturated rings. The molecule has 0 aromatic heterocycles. The van der Waals surface area contributed by atoms with E-state index in [1.165, 1.54) is 17.7 Å². The van der Waals surface area contributed by atoms with E-state index in [1.807, 2.05) is 31.2 Å². The van der Waals surface area contributed by atoms with Crippen molar-refractivity contribution >= 4 is 0 Å². The zero-order valence-corrected chi connectivity index (χ0v) is 32.3. The third-order valence-corrected chi connectivity index (χ3v) is 10.3. The van der Waals surface area contributed by atoms with E-state index < -0.39 is 76.1 Å². The molecule has 0 spiro atoms. The van der Waals surface area contributed by atoms with Gasteiger partial charge in [-0.3, -0.25) is 0 Å². The van der Waals surface area contributed by atoms with Gasteiger partial charge in [0.15, 0.2) is 41.2 Å². The van der Waals surface area contributed by atoms with Crippen LogP contribution in [0.25, 0.3) is 22.3 Å². The summed E-state index contributed by atoms with van der Waals surface area (Å²) in [6.45, 7) is 5.21. The van der Waals surface area contributed by atoms with Gasteiger partial charge in [-0.05, 0) is 84.2 Å². The SMILES string of the molecule is CCCC1CCC(C2COC(c3cc(F)c(C(F)(F)Oc4cc(F)c(F)c(F)c4)c(F)c3)OC2)OC1.CCc1ccc(-c2ccc(-c3cc(F)c(F)c(F)c3)c(F)c2)cc1. The van der Waals surface area contributed by atoms with Crippen LogP contribution in [0.2, 0.25) is 0 Å². The second kappa shape index (κ2) is 19.2. The van der Waals surface area contributed by atoms with Gasteiger partial charge in [-0.15, -0.1) is 0 Å². The van der Waals surface area contributed by atoms with Crippen LogP contribution in [-0.2, 0) is 26.7 Å². The molecular weight excluding hydrogens is 813 g/mol. The van der Waals surface area contributed by atoms with Crippen molar-refractivity contribution in [3.8, 4) is 28.0 Å². The van der Waals surface area contributed by atoms with Crippen LogP contribution in [0.1, 0.15) is 62.5 Å². The number of hydrogen-bond donors (Lipinski definition) is 0. The first-order valence-electron chi connectivity index (χ1n) is 19.2. The number of alkyl halides is 2. The molecule has 7 rings (SSSR count). The van der Waals surface area contributed by atoms with Gasteiger partial charge in [-0.2, -0.15) is 8.78 Å². The van der Waals surface area contributed by atoms with Crippen molar-refractivity contribution in [3.05, 3.63) is 148 Å². The molecule has 2 aliphatic rings. The Morgan fingerprint density at radius 1 is 0.583 bits per heavy atom. The van der Waals surface area contributed by atoms with Gasteiger partial charge in [0.2, 0.25) is 0 Å². The van der Waals surface area contributed by atoms with Crippen LogP contribution in [0.5, 0.6) is 5.75 Å². The lowest BCUT2D eigenvalue weighted by atomic mass is 9.89. The van der Waals surface area contributed by atoms with Crippen LogP contribution >= 0.6 is 0 Å². The maximum Gasteiger partial charge on any atom is 0.432 e. The van der Waals surface area contributed by atoms with Crippen LogP contribution in [0.3, 0.4) is 0 Å². The Bertz CT molecular complexity index is 2200. The lowest BCUT2D eigenvalue weighted by molar-refractivity contribution is -0.228. The van der Waals surface area contributed by atoms with Crippen molar-refractivity contribution in [1.82, 2.24) is 0 Å². The quantitative estimate of drug-likeness (QED) is 0.104. The maximum absolute atomic E-state index is 14.6. The summed E-state index contributed by atoms with van der Waals surface area (Å²) in [5.74, 6) is -14.5. The molecule has 2 atom stereocenters. The Kier molecular flexibility index (Phi) is 14.2.